The lowest BCUT2D eigenvalue weighted by Crippen LogP contribution is -2.24. The number of amides is 1. The number of carbonyl (C=O) groups is 1. The van der Waals surface area contributed by atoms with Crippen LogP contribution in [0.25, 0.3) is 0 Å². The van der Waals surface area contributed by atoms with E-state index in [1.807, 2.05) is 0 Å². The molecule has 19 heavy (non-hydrogen) atoms. The van der Waals surface area contributed by atoms with Gasteiger partial charge in [-0.15, -0.1) is 0 Å². The molecule has 0 saturated carbocycles. The van der Waals surface area contributed by atoms with Crippen molar-refractivity contribution in [1.82, 2.24) is 5.32 Å². The molecule has 0 atom stereocenters. The number of nitrogens with zero attached hydrogens (tertiary/aromatic N) is 1. The van der Waals surface area contributed by atoms with Crippen LogP contribution in [0.15, 0.2) is 18.2 Å². The van der Waals surface area contributed by atoms with E-state index < -0.39 is 4.92 Å². The number of unbranched alkanes of at least 4 members (excludes halogenated alkanes) is 1. The molecule has 1 rings (SSSR count). The average Bonchev–Trinajstić information content (AvgIpc) is 2.42. The zero-order chi connectivity index (χ0) is 14.3. The molecular formula is C12H17N3O4. The Hall–Kier alpha value is -2.15. The minimum atomic E-state index is -0.554. The summed E-state index contributed by atoms with van der Waals surface area (Å²) in [6.07, 6.45) is 1.64. The van der Waals surface area contributed by atoms with Gasteiger partial charge in [0.05, 0.1) is 12.0 Å². The maximum Gasteiger partial charge on any atom is 0.310 e. The molecule has 0 spiro atoms. The van der Waals surface area contributed by atoms with Gasteiger partial charge in [0.2, 0.25) is 0 Å². The molecule has 7 nitrogen and oxygen atoms in total. The second-order valence-electron chi connectivity index (χ2n) is 3.90. The van der Waals surface area contributed by atoms with E-state index in [4.69, 9.17) is 10.5 Å². The van der Waals surface area contributed by atoms with Crippen LogP contribution in [-0.4, -0.2) is 31.0 Å². The van der Waals surface area contributed by atoms with E-state index in [1.54, 1.807) is 0 Å². The highest BCUT2D eigenvalue weighted by molar-refractivity contribution is 5.95. The van der Waals surface area contributed by atoms with E-state index >= 15 is 0 Å². The van der Waals surface area contributed by atoms with Crippen LogP contribution in [0.2, 0.25) is 0 Å². The van der Waals surface area contributed by atoms with Crippen molar-refractivity contribution in [2.45, 2.75) is 12.8 Å². The summed E-state index contributed by atoms with van der Waals surface area (Å²) in [6, 6.07) is 4.02. The first-order valence-electron chi connectivity index (χ1n) is 5.91. The molecule has 0 heterocycles. The fourth-order valence-electron chi connectivity index (χ4n) is 1.54. The number of ether oxygens (including phenoxy) is 1. The minimum Gasteiger partial charge on any atom is -0.490 e. The van der Waals surface area contributed by atoms with Gasteiger partial charge in [0.15, 0.2) is 5.75 Å². The maximum atomic E-state index is 11.8. The van der Waals surface area contributed by atoms with Gasteiger partial charge >= 0.3 is 5.69 Å². The first kappa shape index (κ1) is 14.9. The van der Waals surface area contributed by atoms with Gasteiger partial charge in [-0.2, -0.15) is 0 Å². The van der Waals surface area contributed by atoms with Crippen LogP contribution in [0.4, 0.5) is 5.69 Å². The molecule has 0 aliphatic rings. The molecule has 0 aliphatic heterocycles. The van der Waals surface area contributed by atoms with Crippen LogP contribution >= 0.6 is 0 Å². The van der Waals surface area contributed by atoms with E-state index in [2.05, 4.69) is 5.32 Å². The standard InChI is InChI=1S/C12H17N3O4/c1-19-11-8-9(4-5-10(11)15(17)18)12(16)14-7-3-2-6-13/h4-5,8H,2-3,6-7,13H2,1H3,(H,14,16). The van der Waals surface area contributed by atoms with E-state index in [9.17, 15) is 14.9 Å². The van der Waals surface area contributed by atoms with Crippen molar-refractivity contribution in [2.75, 3.05) is 20.2 Å². The number of nitrogens with one attached hydrogen (secondary N) is 1. The SMILES string of the molecule is COc1cc(C(=O)NCCCCN)ccc1[N+](=O)[O-]. The monoisotopic (exact) mass is 267 g/mol. The van der Waals surface area contributed by atoms with Crippen molar-refractivity contribution in [2.24, 2.45) is 5.73 Å². The van der Waals surface area contributed by atoms with Crippen LogP contribution < -0.4 is 15.8 Å². The van der Waals surface area contributed by atoms with E-state index in [0.717, 1.165) is 12.8 Å². The predicted molar refractivity (Wildman–Crippen MR) is 70.3 cm³/mol. The van der Waals surface area contributed by atoms with Gasteiger partial charge in [-0.1, -0.05) is 0 Å². The maximum absolute atomic E-state index is 11.8. The van der Waals surface area contributed by atoms with Crippen molar-refractivity contribution in [3.8, 4) is 5.75 Å². The smallest absolute Gasteiger partial charge is 0.310 e. The van der Waals surface area contributed by atoms with E-state index in [0.29, 0.717) is 18.7 Å². The molecule has 0 saturated heterocycles. The summed E-state index contributed by atoms with van der Waals surface area (Å²) in [5.41, 5.74) is 5.51. The Labute approximate surface area is 110 Å². The minimum absolute atomic E-state index is 0.0691. The third kappa shape index (κ3) is 4.22. The topological polar surface area (TPSA) is 107 Å². The number of rotatable bonds is 7. The molecule has 0 fully saturated rings. The third-order valence-electron chi connectivity index (χ3n) is 2.56. The van der Waals surface area contributed by atoms with Gasteiger partial charge in [-0.25, -0.2) is 0 Å². The Morgan fingerprint density at radius 3 is 2.79 bits per heavy atom. The summed E-state index contributed by atoms with van der Waals surface area (Å²) in [5.74, 6) is -0.218. The number of methoxy groups -OCH3 is 1. The number of hydrogen-bond donors (Lipinski definition) is 2. The largest absolute Gasteiger partial charge is 0.490 e. The normalized spacial score (nSPS) is 10.0. The van der Waals surface area contributed by atoms with E-state index in [1.165, 1.54) is 25.3 Å². The Kier molecular flexibility index (Phi) is 5.74. The van der Waals surface area contributed by atoms with E-state index in [-0.39, 0.29) is 17.3 Å². The number of benzene rings is 1. The highest BCUT2D eigenvalue weighted by Gasteiger charge is 2.17. The quantitative estimate of drug-likeness (QED) is 0.436. The summed E-state index contributed by atoms with van der Waals surface area (Å²) in [4.78, 5) is 22.0. The van der Waals surface area contributed by atoms with Crippen molar-refractivity contribution < 1.29 is 14.5 Å². The van der Waals surface area contributed by atoms with Gasteiger partial charge < -0.3 is 15.8 Å². The Bertz CT molecular complexity index is 462. The molecule has 1 aromatic rings. The summed E-state index contributed by atoms with van der Waals surface area (Å²) in [6.45, 7) is 1.11. The Morgan fingerprint density at radius 2 is 2.21 bits per heavy atom. The fourth-order valence-corrected chi connectivity index (χ4v) is 1.54. The van der Waals surface area contributed by atoms with Crippen molar-refractivity contribution in [3.63, 3.8) is 0 Å². The van der Waals surface area contributed by atoms with Crippen LogP contribution in [0, 0.1) is 10.1 Å². The summed E-state index contributed by atoms with van der Waals surface area (Å²) in [7, 11) is 1.32. The van der Waals surface area contributed by atoms with Crippen LogP contribution in [-0.2, 0) is 0 Å². The van der Waals surface area contributed by atoms with Crippen LogP contribution in [0.5, 0.6) is 5.75 Å². The molecule has 1 amide bonds. The number of hydrogen-bond acceptors (Lipinski definition) is 5. The lowest BCUT2D eigenvalue weighted by Gasteiger charge is -2.06. The van der Waals surface area contributed by atoms with Gasteiger partial charge in [0.25, 0.3) is 5.91 Å². The zero-order valence-corrected chi connectivity index (χ0v) is 10.7. The number of nitrogens with two attached hydrogens (primary N) is 1. The molecule has 7 heteroatoms. The lowest BCUT2D eigenvalue weighted by atomic mass is 10.1. The second kappa shape index (κ2) is 7.32. The average molecular weight is 267 g/mol. The molecule has 0 bridgehead atoms. The van der Waals surface area contributed by atoms with Crippen molar-refractivity contribution >= 4 is 11.6 Å². The summed E-state index contributed by atoms with van der Waals surface area (Å²) >= 11 is 0. The van der Waals surface area contributed by atoms with Gasteiger partial charge in [0.1, 0.15) is 0 Å². The molecule has 0 radical (unpaired) electrons. The highest BCUT2D eigenvalue weighted by Crippen LogP contribution is 2.27. The van der Waals surface area contributed by atoms with Crippen LogP contribution in [0.1, 0.15) is 23.2 Å². The molecular weight excluding hydrogens is 250 g/mol. The highest BCUT2D eigenvalue weighted by atomic mass is 16.6. The third-order valence-corrected chi connectivity index (χ3v) is 2.56. The van der Waals surface area contributed by atoms with Gasteiger partial charge in [-0.3, -0.25) is 14.9 Å². The van der Waals surface area contributed by atoms with Crippen molar-refractivity contribution in [1.29, 1.82) is 0 Å². The molecule has 3 N–H and O–H groups in total. The first-order chi connectivity index (χ1) is 9.10. The molecule has 1 aromatic carbocycles. The van der Waals surface area contributed by atoms with Gasteiger partial charge in [0, 0.05) is 24.2 Å². The lowest BCUT2D eigenvalue weighted by molar-refractivity contribution is -0.385. The molecule has 0 unspecified atom stereocenters. The number of carbonyl (C=O) groups excluding carboxylic acids is 1. The molecule has 0 aromatic heterocycles. The summed E-state index contributed by atoms with van der Waals surface area (Å²) in [5, 5.41) is 13.4. The first-order valence-corrected chi connectivity index (χ1v) is 5.91. The van der Waals surface area contributed by atoms with Crippen molar-refractivity contribution in [3.05, 3.63) is 33.9 Å². The van der Waals surface area contributed by atoms with Crippen LogP contribution in [0.3, 0.4) is 0 Å². The second-order valence-corrected chi connectivity index (χ2v) is 3.90. The van der Waals surface area contributed by atoms with Gasteiger partial charge in [-0.05, 0) is 25.5 Å². The fraction of sp³-hybridized carbons (Fsp3) is 0.417. The number of nitro groups is 1. The zero-order valence-electron chi connectivity index (χ0n) is 10.7. The number of nitro benzene ring substituents is 1. The molecule has 104 valence electrons. The Morgan fingerprint density at radius 1 is 1.47 bits per heavy atom. The molecule has 0 aliphatic carbocycles. The Balaban J connectivity index is 2.73. The predicted octanol–water partition coefficient (Wildman–Crippen LogP) is 1.07. The summed E-state index contributed by atoms with van der Waals surface area (Å²) < 4.78 is 4.90.